The van der Waals surface area contributed by atoms with Crippen LogP contribution in [0.5, 0.6) is 0 Å². The Labute approximate surface area is 106 Å². The highest BCUT2D eigenvalue weighted by molar-refractivity contribution is 7.12. The minimum absolute atomic E-state index is 0.0707. The number of aryl methyl sites for hydroxylation is 1. The van der Waals surface area contributed by atoms with Gasteiger partial charge in [-0.3, -0.25) is 4.79 Å². The number of amides is 1. The molecule has 0 aliphatic heterocycles. The molecule has 2 heterocycles. The summed E-state index contributed by atoms with van der Waals surface area (Å²) >= 11 is 1.22. The fourth-order valence-corrected chi connectivity index (χ4v) is 2.02. The topological polar surface area (TPSA) is 92.2 Å². The first kappa shape index (κ1) is 12.2. The van der Waals surface area contributed by atoms with E-state index in [-0.39, 0.29) is 17.3 Å². The van der Waals surface area contributed by atoms with Crippen molar-refractivity contribution in [3.05, 3.63) is 40.0 Å². The number of hydrogen-bond donors (Lipinski definition) is 2. The smallest absolute Gasteiger partial charge is 0.335 e. The number of aromatic nitrogens is 2. The standard InChI is InChI=1S/C11H9N3O3S/c1-6-9(18-5-13-6)10(15)14-8-4-7(11(16)17)2-3-12-8/h2-5H,1H3,(H,16,17)(H,12,14,15). The van der Waals surface area contributed by atoms with Crippen LogP contribution in [0, 0.1) is 6.92 Å². The molecule has 7 heteroatoms. The Morgan fingerprint density at radius 1 is 1.39 bits per heavy atom. The van der Waals surface area contributed by atoms with Crippen LogP contribution in [-0.2, 0) is 0 Å². The number of carboxylic acids is 1. The Kier molecular flexibility index (Phi) is 3.33. The molecule has 0 bridgehead atoms. The van der Waals surface area contributed by atoms with Crippen LogP contribution in [-0.4, -0.2) is 27.0 Å². The maximum Gasteiger partial charge on any atom is 0.335 e. The van der Waals surface area contributed by atoms with Crippen molar-refractivity contribution in [1.82, 2.24) is 9.97 Å². The molecule has 0 aliphatic rings. The van der Waals surface area contributed by atoms with Crippen molar-refractivity contribution < 1.29 is 14.7 Å². The molecule has 0 atom stereocenters. The van der Waals surface area contributed by atoms with E-state index in [0.717, 1.165) is 0 Å². The van der Waals surface area contributed by atoms with Gasteiger partial charge in [-0.1, -0.05) is 0 Å². The van der Waals surface area contributed by atoms with Gasteiger partial charge in [0.15, 0.2) is 0 Å². The molecule has 2 rings (SSSR count). The van der Waals surface area contributed by atoms with Gasteiger partial charge in [-0.15, -0.1) is 11.3 Å². The number of carbonyl (C=O) groups is 2. The number of anilines is 1. The van der Waals surface area contributed by atoms with E-state index in [1.165, 1.54) is 29.7 Å². The third-order valence-corrected chi connectivity index (χ3v) is 3.13. The van der Waals surface area contributed by atoms with Gasteiger partial charge in [0.05, 0.1) is 16.8 Å². The molecule has 1 amide bonds. The molecule has 2 N–H and O–H groups in total. The van der Waals surface area contributed by atoms with Crippen LogP contribution >= 0.6 is 11.3 Å². The first-order chi connectivity index (χ1) is 8.58. The Hall–Kier alpha value is -2.28. The molecule has 0 saturated carbocycles. The first-order valence-electron chi connectivity index (χ1n) is 4.98. The summed E-state index contributed by atoms with van der Waals surface area (Å²) in [6.45, 7) is 1.73. The lowest BCUT2D eigenvalue weighted by Crippen LogP contribution is -2.13. The van der Waals surface area contributed by atoms with Gasteiger partial charge in [-0.2, -0.15) is 0 Å². The Morgan fingerprint density at radius 2 is 2.17 bits per heavy atom. The van der Waals surface area contributed by atoms with E-state index >= 15 is 0 Å². The second-order valence-electron chi connectivity index (χ2n) is 3.46. The summed E-state index contributed by atoms with van der Waals surface area (Å²) in [4.78, 5) is 31.0. The van der Waals surface area contributed by atoms with E-state index in [1.54, 1.807) is 12.4 Å². The molecule has 0 fully saturated rings. The molecule has 0 aromatic carbocycles. The van der Waals surface area contributed by atoms with E-state index in [1.807, 2.05) is 0 Å². The zero-order valence-corrected chi connectivity index (χ0v) is 10.2. The predicted molar refractivity (Wildman–Crippen MR) is 66.0 cm³/mol. The maximum absolute atomic E-state index is 11.8. The van der Waals surface area contributed by atoms with Crippen LogP contribution in [0.15, 0.2) is 23.8 Å². The number of thiazole rings is 1. The van der Waals surface area contributed by atoms with Crippen molar-refractivity contribution in [2.75, 3.05) is 5.32 Å². The molecular weight excluding hydrogens is 254 g/mol. The minimum Gasteiger partial charge on any atom is -0.478 e. The van der Waals surface area contributed by atoms with Crippen LogP contribution in [0.2, 0.25) is 0 Å². The number of nitrogens with zero attached hydrogens (tertiary/aromatic N) is 2. The summed E-state index contributed by atoms with van der Waals surface area (Å²) < 4.78 is 0. The molecule has 92 valence electrons. The quantitative estimate of drug-likeness (QED) is 0.880. The van der Waals surface area contributed by atoms with Crippen molar-refractivity contribution in [2.45, 2.75) is 6.92 Å². The van der Waals surface area contributed by atoms with Crippen LogP contribution in [0.25, 0.3) is 0 Å². The number of carboxylic acid groups (broad SMARTS) is 1. The molecule has 2 aromatic rings. The number of carbonyl (C=O) groups excluding carboxylic acids is 1. The fraction of sp³-hybridized carbons (Fsp3) is 0.0909. The van der Waals surface area contributed by atoms with Crippen molar-refractivity contribution in [1.29, 1.82) is 0 Å². The Morgan fingerprint density at radius 3 is 2.78 bits per heavy atom. The molecule has 0 saturated heterocycles. The highest BCUT2D eigenvalue weighted by Crippen LogP contribution is 2.15. The molecule has 0 spiro atoms. The van der Waals surface area contributed by atoms with Crippen LogP contribution < -0.4 is 5.32 Å². The van der Waals surface area contributed by atoms with E-state index in [0.29, 0.717) is 10.6 Å². The summed E-state index contributed by atoms with van der Waals surface area (Å²) in [7, 11) is 0. The van der Waals surface area contributed by atoms with Crippen molar-refractivity contribution in [3.63, 3.8) is 0 Å². The number of hydrogen-bond acceptors (Lipinski definition) is 5. The van der Waals surface area contributed by atoms with E-state index in [2.05, 4.69) is 15.3 Å². The normalized spacial score (nSPS) is 10.1. The average Bonchev–Trinajstić information content (AvgIpc) is 2.76. The van der Waals surface area contributed by atoms with Gasteiger partial charge in [-0.25, -0.2) is 14.8 Å². The number of nitrogens with one attached hydrogen (secondary N) is 1. The van der Waals surface area contributed by atoms with Gasteiger partial charge in [0, 0.05) is 6.20 Å². The summed E-state index contributed by atoms with van der Waals surface area (Å²) in [6.07, 6.45) is 1.33. The van der Waals surface area contributed by atoms with Gasteiger partial charge in [-0.05, 0) is 19.1 Å². The van der Waals surface area contributed by atoms with Gasteiger partial charge in [0.2, 0.25) is 0 Å². The number of pyridine rings is 1. The van der Waals surface area contributed by atoms with Gasteiger partial charge < -0.3 is 10.4 Å². The summed E-state index contributed by atoms with van der Waals surface area (Å²) in [6, 6.07) is 2.66. The molecule has 18 heavy (non-hydrogen) atoms. The van der Waals surface area contributed by atoms with E-state index in [4.69, 9.17) is 5.11 Å². The molecule has 6 nitrogen and oxygen atoms in total. The van der Waals surface area contributed by atoms with Crippen LogP contribution in [0.1, 0.15) is 25.7 Å². The van der Waals surface area contributed by atoms with Crippen LogP contribution in [0.3, 0.4) is 0 Å². The van der Waals surface area contributed by atoms with Crippen molar-refractivity contribution in [3.8, 4) is 0 Å². The first-order valence-corrected chi connectivity index (χ1v) is 5.86. The van der Waals surface area contributed by atoms with Gasteiger partial charge in [0.25, 0.3) is 5.91 Å². The lowest BCUT2D eigenvalue weighted by atomic mass is 10.2. The largest absolute Gasteiger partial charge is 0.478 e. The third kappa shape index (κ3) is 2.51. The van der Waals surface area contributed by atoms with Crippen molar-refractivity contribution >= 4 is 29.0 Å². The monoisotopic (exact) mass is 263 g/mol. The van der Waals surface area contributed by atoms with Gasteiger partial charge >= 0.3 is 5.97 Å². The molecule has 2 aromatic heterocycles. The number of aromatic carboxylic acids is 1. The zero-order chi connectivity index (χ0) is 13.1. The van der Waals surface area contributed by atoms with Crippen LogP contribution in [0.4, 0.5) is 5.82 Å². The third-order valence-electron chi connectivity index (χ3n) is 2.20. The molecule has 0 radical (unpaired) electrons. The average molecular weight is 263 g/mol. The number of rotatable bonds is 3. The lowest BCUT2D eigenvalue weighted by molar-refractivity contribution is 0.0696. The Balaban J connectivity index is 2.20. The summed E-state index contributed by atoms with van der Waals surface area (Å²) in [5.74, 6) is -1.21. The molecule has 0 unspecified atom stereocenters. The van der Waals surface area contributed by atoms with Gasteiger partial charge in [0.1, 0.15) is 10.7 Å². The SMILES string of the molecule is Cc1ncsc1C(=O)Nc1cc(C(=O)O)ccn1. The predicted octanol–water partition coefficient (Wildman–Crippen LogP) is 1.80. The van der Waals surface area contributed by atoms with E-state index < -0.39 is 5.97 Å². The summed E-state index contributed by atoms with van der Waals surface area (Å²) in [5.41, 5.74) is 2.28. The highest BCUT2D eigenvalue weighted by Gasteiger charge is 2.13. The lowest BCUT2D eigenvalue weighted by Gasteiger charge is -2.03. The highest BCUT2D eigenvalue weighted by atomic mass is 32.1. The second-order valence-corrected chi connectivity index (χ2v) is 4.31. The second kappa shape index (κ2) is 4.92. The molecule has 0 aliphatic carbocycles. The Bertz CT molecular complexity index is 609. The minimum atomic E-state index is -1.07. The maximum atomic E-state index is 11.8. The fourth-order valence-electron chi connectivity index (χ4n) is 1.32. The molecular formula is C11H9N3O3S. The van der Waals surface area contributed by atoms with Crippen molar-refractivity contribution in [2.24, 2.45) is 0 Å². The van der Waals surface area contributed by atoms with E-state index in [9.17, 15) is 9.59 Å². The summed E-state index contributed by atoms with van der Waals surface area (Å²) in [5, 5.41) is 11.4. The zero-order valence-electron chi connectivity index (χ0n) is 9.38.